The third-order valence-corrected chi connectivity index (χ3v) is 5.81. The molecule has 6 heteroatoms. The Morgan fingerprint density at radius 1 is 0.966 bits per heavy atom. The zero-order valence-corrected chi connectivity index (χ0v) is 17.2. The Balaban J connectivity index is 1.66. The molecular formula is C23H19Cl2NO3. The van der Waals surface area contributed by atoms with Gasteiger partial charge in [0, 0.05) is 24.2 Å². The number of carbonyl (C=O) groups excluding carboxylic acids is 2. The van der Waals surface area contributed by atoms with Gasteiger partial charge in [0.25, 0.3) is 0 Å². The van der Waals surface area contributed by atoms with E-state index in [1.54, 1.807) is 18.2 Å². The lowest BCUT2D eigenvalue weighted by Gasteiger charge is -2.17. The molecule has 1 aliphatic rings. The molecule has 2 aromatic carbocycles. The predicted molar refractivity (Wildman–Crippen MR) is 113 cm³/mol. The van der Waals surface area contributed by atoms with Gasteiger partial charge in [0.05, 0.1) is 10.0 Å². The van der Waals surface area contributed by atoms with Gasteiger partial charge in [-0.1, -0.05) is 59.6 Å². The van der Waals surface area contributed by atoms with Crippen LogP contribution in [-0.4, -0.2) is 16.3 Å². The predicted octanol–water partition coefficient (Wildman–Crippen LogP) is 5.72. The third-order valence-electron chi connectivity index (χ3n) is 5.07. The number of fused-ring (bicyclic) bond motifs is 1. The molecule has 0 unspecified atom stereocenters. The molecule has 0 bridgehead atoms. The Bertz CT molecular complexity index is 1070. The molecule has 0 fully saturated rings. The van der Waals surface area contributed by atoms with Crippen LogP contribution in [0, 0.1) is 0 Å². The van der Waals surface area contributed by atoms with Crippen molar-refractivity contribution in [2.24, 2.45) is 0 Å². The van der Waals surface area contributed by atoms with Crippen LogP contribution in [0.4, 0.5) is 0 Å². The summed E-state index contributed by atoms with van der Waals surface area (Å²) >= 11 is 12.2. The third kappa shape index (κ3) is 4.24. The Morgan fingerprint density at radius 3 is 2.52 bits per heavy atom. The fraction of sp³-hybridized carbons (Fsp3) is 0.217. The number of hydrogen-bond acceptors (Lipinski definition) is 3. The zero-order valence-electron chi connectivity index (χ0n) is 15.7. The van der Waals surface area contributed by atoms with Crippen molar-refractivity contribution in [2.45, 2.75) is 32.4 Å². The van der Waals surface area contributed by atoms with Gasteiger partial charge in [0.1, 0.15) is 12.3 Å². The van der Waals surface area contributed by atoms with Crippen LogP contribution in [0.15, 0.2) is 54.6 Å². The van der Waals surface area contributed by atoms with Gasteiger partial charge in [0.2, 0.25) is 0 Å². The fourth-order valence-corrected chi connectivity index (χ4v) is 3.94. The monoisotopic (exact) mass is 427 g/mol. The maximum Gasteiger partial charge on any atom is 0.355 e. The number of rotatable bonds is 5. The molecule has 1 aromatic heterocycles. The molecule has 1 heterocycles. The molecule has 0 amide bonds. The SMILES string of the molecule is O=C1CCCc2c1cc(C(=O)OCc1ccccc1)n2Cc1ccc(Cl)c(Cl)c1. The molecule has 0 aliphatic heterocycles. The first-order valence-corrected chi connectivity index (χ1v) is 10.2. The Hall–Kier alpha value is -2.56. The second-order valence-electron chi connectivity index (χ2n) is 7.06. The second-order valence-corrected chi connectivity index (χ2v) is 7.88. The van der Waals surface area contributed by atoms with Crippen molar-refractivity contribution >= 4 is 35.0 Å². The summed E-state index contributed by atoms with van der Waals surface area (Å²) in [7, 11) is 0. The first-order valence-electron chi connectivity index (χ1n) is 9.43. The number of nitrogens with zero attached hydrogens (tertiary/aromatic N) is 1. The van der Waals surface area contributed by atoms with Crippen LogP contribution in [0.25, 0.3) is 0 Å². The Kier molecular flexibility index (Phi) is 5.74. The van der Waals surface area contributed by atoms with Gasteiger partial charge in [-0.15, -0.1) is 0 Å². The topological polar surface area (TPSA) is 48.3 Å². The smallest absolute Gasteiger partial charge is 0.355 e. The van der Waals surface area contributed by atoms with E-state index in [1.807, 2.05) is 41.0 Å². The molecule has 29 heavy (non-hydrogen) atoms. The standard InChI is InChI=1S/C23H19Cl2NO3/c24-18-10-9-16(11-19(18)25)13-26-20-7-4-8-22(27)17(20)12-21(26)23(28)29-14-15-5-2-1-3-6-15/h1-3,5-6,9-12H,4,7-8,13-14H2. The first kappa shape index (κ1) is 19.7. The highest BCUT2D eigenvalue weighted by Gasteiger charge is 2.27. The van der Waals surface area contributed by atoms with Crippen LogP contribution < -0.4 is 0 Å². The zero-order chi connectivity index (χ0) is 20.4. The highest BCUT2D eigenvalue weighted by atomic mass is 35.5. The molecule has 0 N–H and O–H groups in total. The van der Waals surface area contributed by atoms with Gasteiger partial charge >= 0.3 is 5.97 Å². The second kappa shape index (κ2) is 8.44. The van der Waals surface area contributed by atoms with Crippen molar-refractivity contribution < 1.29 is 14.3 Å². The summed E-state index contributed by atoms with van der Waals surface area (Å²) in [6.07, 6.45) is 2.02. The number of aromatic nitrogens is 1. The molecule has 4 rings (SSSR count). The normalized spacial score (nSPS) is 13.2. The number of ether oxygens (including phenoxy) is 1. The van der Waals surface area contributed by atoms with E-state index < -0.39 is 5.97 Å². The number of ketones is 1. The summed E-state index contributed by atoms with van der Waals surface area (Å²) in [5, 5.41) is 0.928. The average Bonchev–Trinajstić information content (AvgIpc) is 3.10. The van der Waals surface area contributed by atoms with Gasteiger partial charge in [-0.25, -0.2) is 4.79 Å². The highest BCUT2D eigenvalue weighted by molar-refractivity contribution is 6.42. The number of halogens is 2. The Morgan fingerprint density at radius 2 is 1.76 bits per heavy atom. The van der Waals surface area contributed by atoms with Crippen molar-refractivity contribution in [3.8, 4) is 0 Å². The number of carbonyl (C=O) groups is 2. The number of hydrogen-bond donors (Lipinski definition) is 0. The van der Waals surface area contributed by atoms with Crippen LogP contribution in [-0.2, 0) is 24.3 Å². The van der Waals surface area contributed by atoms with Crippen LogP contribution in [0.2, 0.25) is 10.0 Å². The molecule has 4 nitrogen and oxygen atoms in total. The molecular weight excluding hydrogens is 409 g/mol. The summed E-state index contributed by atoms with van der Waals surface area (Å²) < 4.78 is 7.40. The van der Waals surface area contributed by atoms with E-state index in [2.05, 4.69) is 0 Å². The van der Waals surface area contributed by atoms with E-state index in [1.165, 1.54) is 0 Å². The summed E-state index contributed by atoms with van der Waals surface area (Å²) in [6.45, 7) is 0.589. The molecule has 0 saturated heterocycles. The van der Waals surface area contributed by atoms with E-state index in [0.29, 0.717) is 34.3 Å². The van der Waals surface area contributed by atoms with E-state index in [9.17, 15) is 9.59 Å². The number of Topliss-reactive ketones (excluding diaryl/α,β-unsaturated/α-hetero) is 1. The van der Waals surface area contributed by atoms with Crippen LogP contribution in [0.5, 0.6) is 0 Å². The minimum atomic E-state index is -0.448. The van der Waals surface area contributed by atoms with E-state index in [0.717, 1.165) is 29.7 Å². The van der Waals surface area contributed by atoms with Gasteiger partial charge in [-0.05, 0) is 42.2 Å². The van der Waals surface area contributed by atoms with E-state index >= 15 is 0 Å². The first-order chi connectivity index (χ1) is 14.0. The average molecular weight is 428 g/mol. The summed E-state index contributed by atoms with van der Waals surface area (Å²) in [6, 6.07) is 16.5. The Labute approximate surface area is 179 Å². The van der Waals surface area contributed by atoms with Crippen molar-refractivity contribution in [3.63, 3.8) is 0 Å². The molecule has 3 aromatic rings. The molecule has 0 radical (unpaired) electrons. The minimum Gasteiger partial charge on any atom is -0.456 e. The van der Waals surface area contributed by atoms with Gasteiger partial charge in [0.15, 0.2) is 5.78 Å². The lowest BCUT2D eigenvalue weighted by molar-refractivity contribution is 0.0460. The van der Waals surface area contributed by atoms with Gasteiger partial charge in [-0.3, -0.25) is 4.79 Å². The lowest BCUT2D eigenvalue weighted by atomic mass is 9.96. The van der Waals surface area contributed by atoms with Crippen LogP contribution in [0.3, 0.4) is 0 Å². The summed E-state index contributed by atoms with van der Waals surface area (Å²) in [4.78, 5) is 25.3. The maximum atomic E-state index is 12.9. The quantitative estimate of drug-likeness (QED) is 0.489. The van der Waals surface area contributed by atoms with E-state index in [4.69, 9.17) is 27.9 Å². The van der Waals surface area contributed by atoms with Gasteiger partial charge in [-0.2, -0.15) is 0 Å². The largest absolute Gasteiger partial charge is 0.456 e. The summed E-state index contributed by atoms with van der Waals surface area (Å²) in [5.74, 6) is -0.382. The van der Waals surface area contributed by atoms with Crippen molar-refractivity contribution in [3.05, 3.63) is 92.7 Å². The van der Waals surface area contributed by atoms with Crippen molar-refractivity contribution in [1.29, 1.82) is 0 Å². The van der Waals surface area contributed by atoms with Crippen LogP contribution >= 0.6 is 23.2 Å². The molecule has 0 saturated carbocycles. The van der Waals surface area contributed by atoms with Crippen molar-refractivity contribution in [2.75, 3.05) is 0 Å². The highest BCUT2D eigenvalue weighted by Crippen LogP contribution is 2.28. The van der Waals surface area contributed by atoms with Crippen molar-refractivity contribution in [1.82, 2.24) is 4.57 Å². The molecule has 148 valence electrons. The van der Waals surface area contributed by atoms with Gasteiger partial charge < -0.3 is 9.30 Å². The minimum absolute atomic E-state index is 0.0660. The van der Waals surface area contributed by atoms with E-state index in [-0.39, 0.29) is 12.4 Å². The fourth-order valence-electron chi connectivity index (χ4n) is 3.62. The number of benzene rings is 2. The van der Waals surface area contributed by atoms with Crippen LogP contribution in [0.1, 0.15) is 50.5 Å². The summed E-state index contributed by atoms with van der Waals surface area (Å²) in [5.41, 5.74) is 3.67. The maximum absolute atomic E-state index is 12.9. The lowest BCUT2D eigenvalue weighted by Crippen LogP contribution is -2.17. The number of esters is 1. The molecule has 0 atom stereocenters. The molecule has 1 aliphatic carbocycles. The molecule has 0 spiro atoms.